The van der Waals surface area contributed by atoms with Gasteiger partial charge in [-0.05, 0) is 51.5 Å². The van der Waals surface area contributed by atoms with Crippen LogP contribution in [0.4, 0.5) is 0 Å². The zero-order valence-corrected chi connectivity index (χ0v) is 9.55. The van der Waals surface area contributed by atoms with Crippen molar-refractivity contribution in [2.75, 3.05) is 6.54 Å². The molecule has 0 aromatic carbocycles. The molecule has 82 valence electrons. The van der Waals surface area contributed by atoms with Gasteiger partial charge in [-0.3, -0.25) is 0 Å². The van der Waals surface area contributed by atoms with Crippen LogP contribution in [0.2, 0.25) is 0 Å². The van der Waals surface area contributed by atoms with E-state index in [1.807, 2.05) is 0 Å². The molecule has 4 atom stereocenters. The maximum Gasteiger partial charge on any atom is 0.00964 e. The normalized spacial score (nSPS) is 44.1. The second kappa shape index (κ2) is 4.63. The maximum absolute atomic E-state index is 3.84. The van der Waals surface area contributed by atoms with Gasteiger partial charge in [0.2, 0.25) is 0 Å². The van der Waals surface area contributed by atoms with Crippen molar-refractivity contribution >= 4 is 0 Å². The van der Waals surface area contributed by atoms with Gasteiger partial charge in [-0.1, -0.05) is 6.92 Å². The fraction of sp³-hybridized carbons (Fsp3) is 1.00. The first-order valence-corrected chi connectivity index (χ1v) is 6.23. The highest BCUT2D eigenvalue weighted by atomic mass is 15.0. The van der Waals surface area contributed by atoms with Gasteiger partial charge in [-0.2, -0.15) is 0 Å². The predicted octanol–water partition coefficient (Wildman–Crippen LogP) is 1.91. The average Bonchev–Trinajstić information content (AvgIpc) is 2.51. The van der Waals surface area contributed by atoms with Crippen LogP contribution in [0.1, 0.15) is 46.0 Å². The smallest absolute Gasteiger partial charge is 0.00964 e. The summed E-state index contributed by atoms with van der Waals surface area (Å²) >= 11 is 0. The van der Waals surface area contributed by atoms with Gasteiger partial charge in [0.05, 0.1) is 0 Å². The molecule has 2 N–H and O–H groups in total. The lowest BCUT2D eigenvalue weighted by molar-refractivity contribution is 0.304. The van der Waals surface area contributed by atoms with E-state index in [0.29, 0.717) is 6.04 Å². The first-order chi connectivity index (χ1) is 6.74. The Morgan fingerprint density at radius 1 is 1.00 bits per heavy atom. The number of hydrogen-bond donors (Lipinski definition) is 2. The van der Waals surface area contributed by atoms with Crippen molar-refractivity contribution in [3.63, 3.8) is 0 Å². The van der Waals surface area contributed by atoms with Crippen LogP contribution in [0.5, 0.6) is 0 Å². The summed E-state index contributed by atoms with van der Waals surface area (Å²) in [7, 11) is 0. The van der Waals surface area contributed by atoms with E-state index in [1.54, 1.807) is 0 Å². The van der Waals surface area contributed by atoms with E-state index >= 15 is 0 Å². The topological polar surface area (TPSA) is 24.1 Å². The van der Waals surface area contributed by atoms with Crippen molar-refractivity contribution in [1.82, 2.24) is 10.6 Å². The Labute approximate surface area is 87.8 Å². The SMILES string of the molecule is CC1CCC(NC2CCNC(C)C2)C1. The fourth-order valence-corrected chi connectivity index (χ4v) is 2.98. The molecule has 14 heavy (non-hydrogen) atoms. The molecule has 0 radical (unpaired) electrons. The van der Waals surface area contributed by atoms with Crippen molar-refractivity contribution < 1.29 is 0 Å². The Morgan fingerprint density at radius 2 is 1.79 bits per heavy atom. The van der Waals surface area contributed by atoms with Crippen LogP contribution in [0.15, 0.2) is 0 Å². The lowest BCUT2D eigenvalue weighted by Crippen LogP contribution is -2.47. The molecule has 1 aliphatic carbocycles. The third-order valence-electron chi connectivity index (χ3n) is 3.79. The van der Waals surface area contributed by atoms with E-state index in [1.165, 1.54) is 38.6 Å². The zero-order valence-electron chi connectivity index (χ0n) is 9.55. The molecule has 2 aliphatic rings. The summed E-state index contributed by atoms with van der Waals surface area (Å²) in [5.41, 5.74) is 0. The number of nitrogens with one attached hydrogen (secondary N) is 2. The fourth-order valence-electron chi connectivity index (χ4n) is 2.98. The summed E-state index contributed by atoms with van der Waals surface area (Å²) in [5.74, 6) is 0.951. The molecule has 1 saturated carbocycles. The maximum atomic E-state index is 3.84. The molecule has 4 unspecified atom stereocenters. The number of rotatable bonds is 2. The molecule has 1 saturated heterocycles. The minimum atomic E-state index is 0.708. The van der Waals surface area contributed by atoms with E-state index in [9.17, 15) is 0 Å². The molecular weight excluding hydrogens is 172 g/mol. The van der Waals surface area contributed by atoms with Gasteiger partial charge in [0, 0.05) is 18.1 Å². The Balaban J connectivity index is 1.74. The molecule has 2 fully saturated rings. The van der Waals surface area contributed by atoms with Crippen molar-refractivity contribution in [3.05, 3.63) is 0 Å². The molecule has 2 heteroatoms. The van der Waals surface area contributed by atoms with Gasteiger partial charge in [0.25, 0.3) is 0 Å². The van der Waals surface area contributed by atoms with Gasteiger partial charge < -0.3 is 10.6 Å². The number of hydrogen-bond acceptors (Lipinski definition) is 2. The average molecular weight is 196 g/mol. The molecular formula is C12H24N2. The first kappa shape index (κ1) is 10.4. The lowest BCUT2D eigenvalue weighted by Gasteiger charge is -2.31. The number of piperidine rings is 1. The zero-order chi connectivity index (χ0) is 9.97. The quantitative estimate of drug-likeness (QED) is 0.705. The molecule has 2 rings (SSSR count). The Hall–Kier alpha value is -0.0800. The second-order valence-electron chi connectivity index (χ2n) is 5.36. The predicted molar refractivity (Wildman–Crippen MR) is 60.4 cm³/mol. The molecule has 1 aliphatic heterocycles. The second-order valence-corrected chi connectivity index (χ2v) is 5.36. The van der Waals surface area contributed by atoms with Crippen molar-refractivity contribution in [3.8, 4) is 0 Å². The van der Waals surface area contributed by atoms with Gasteiger partial charge in [-0.25, -0.2) is 0 Å². The Bertz CT molecular complexity index is 181. The summed E-state index contributed by atoms with van der Waals surface area (Å²) in [6.45, 7) is 5.87. The van der Waals surface area contributed by atoms with Gasteiger partial charge in [-0.15, -0.1) is 0 Å². The molecule has 2 nitrogen and oxygen atoms in total. The van der Waals surface area contributed by atoms with E-state index < -0.39 is 0 Å². The highest BCUT2D eigenvalue weighted by Gasteiger charge is 2.25. The van der Waals surface area contributed by atoms with Crippen molar-refractivity contribution in [2.24, 2.45) is 5.92 Å². The van der Waals surface area contributed by atoms with E-state index in [2.05, 4.69) is 24.5 Å². The van der Waals surface area contributed by atoms with E-state index in [4.69, 9.17) is 0 Å². The molecule has 0 spiro atoms. The summed E-state index contributed by atoms with van der Waals surface area (Å²) in [6, 6.07) is 2.31. The summed E-state index contributed by atoms with van der Waals surface area (Å²) in [5, 5.41) is 7.34. The summed E-state index contributed by atoms with van der Waals surface area (Å²) in [4.78, 5) is 0. The molecule has 0 aromatic heterocycles. The molecule has 0 aromatic rings. The van der Waals surface area contributed by atoms with E-state index in [-0.39, 0.29) is 0 Å². The van der Waals surface area contributed by atoms with Gasteiger partial charge >= 0.3 is 0 Å². The minimum Gasteiger partial charge on any atom is -0.314 e. The van der Waals surface area contributed by atoms with Crippen LogP contribution in [0, 0.1) is 5.92 Å². The minimum absolute atomic E-state index is 0.708. The van der Waals surface area contributed by atoms with E-state index in [0.717, 1.165) is 18.0 Å². The van der Waals surface area contributed by atoms with Crippen LogP contribution < -0.4 is 10.6 Å². The third kappa shape index (κ3) is 2.71. The first-order valence-electron chi connectivity index (χ1n) is 6.23. The van der Waals surface area contributed by atoms with Crippen LogP contribution in [-0.4, -0.2) is 24.7 Å². The largest absolute Gasteiger partial charge is 0.314 e. The Morgan fingerprint density at radius 3 is 2.43 bits per heavy atom. The van der Waals surface area contributed by atoms with Crippen molar-refractivity contribution in [1.29, 1.82) is 0 Å². The Kier molecular flexibility index (Phi) is 3.45. The molecule has 0 bridgehead atoms. The third-order valence-corrected chi connectivity index (χ3v) is 3.79. The monoisotopic (exact) mass is 196 g/mol. The van der Waals surface area contributed by atoms with Crippen LogP contribution >= 0.6 is 0 Å². The van der Waals surface area contributed by atoms with Crippen LogP contribution in [0.25, 0.3) is 0 Å². The van der Waals surface area contributed by atoms with Crippen molar-refractivity contribution in [2.45, 2.75) is 64.1 Å². The highest BCUT2D eigenvalue weighted by Crippen LogP contribution is 2.25. The lowest BCUT2D eigenvalue weighted by atomic mass is 9.99. The van der Waals surface area contributed by atoms with Crippen LogP contribution in [-0.2, 0) is 0 Å². The van der Waals surface area contributed by atoms with Crippen LogP contribution in [0.3, 0.4) is 0 Å². The van der Waals surface area contributed by atoms with Gasteiger partial charge in [0.15, 0.2) is 0 Å². The van der Waals surface area contributed by atoms with Gasteiger partial charge in [0.1, 0.15) is 0 Å². The highest BCUT2D eigenvalue weighted by molar-refractivity contribution is 4.86. The molecule has 0 amide bonds. The summed E-state index contributed by atoms with van der Waals surface area (Å²) in [6.07, 6.45) is 6.86. The molecule has 1 heterocycles. The standard InChI is InChI=1S/C12H24N2/c1-9-3-4-11(7-9)14-12-5-6-13-10(2)8-12/h9-14H,3-8H2,1-2H3. The summed E-state index contributed by atoms with van der Waals surface area (Å²) < 4.78 is 0.